The van der Waals surface area contributed by atoms with Gasteiger partial charge in [0.1, 0.15) is 4.32 Å². The van der Waals surface area contributed by atoms with E-state index < -0.39 is 34.0 Å². The molecule has 1 aromatic carbocycles. The Morgan fingerprint density at radius 1 is 1.36 bits per heavy atom. The number of nitro groups is 1. The molecule has 0 bridgehead atoms. The summed E-state index contributed by atoms with van der Waals surface area (Å²) in [4.78, 5) is 34.5. The minimum Gasteiger partial charge on any atom is -0.504 e. The maximum absolute atomic E-state index is 12.3. The van der Waals surface area contributed by atoms with Crippen LogP contribution >= 0.6 is 24.0 Å². The van der Waals surface area contributed by atoms with Crippen LogP contribution in [0.4, 0.5) is 5.69 Å². The summed E-state index contributed by atoms with van der Waals surface area (Å²) in [5, 5.41) is 38.6. The molecule has 0 aliphatic carbocycles. The van der Waals surface area contributed by atoms with Crippen LogP contribution in [0.25, 0.3) is 6.08 Å². The fourth-order valence-corrected chi connectivity index (χ4v) is 3.38. The summed E-state index contributed by atoms with van der Waals surface area (Å²) < 4.78 is 0.215. The van der Waals surface area contributed by atoms with E-state index in [2.05, 4.69) is 0 Å². The summed E-state index contributed by atoms with van der Waals surface area (Å²) in [5.41, 5.74) is -0.544. The Hall–Kier alpha value is -2.66. The monoisotopic (exact) mass is 384 g/mol. The van der Waals surface area contributed by atoms with Crippen LogP contribution in [0.3, 0.4) is 0 Å². The van der Waals surface area contributed by atoms with Gasteiger partial charge in [0.05, 0.1) is 21.5 Å². The lowest BCUT2D eigenvalue weighted by molar-refractivity contribution is -0.385. The zero-order chi connectivity index (χ0) is 18.7. The molecule has 9 nitrogen and oxygen atoms in total. The Kier molecular flexibility index (Phi) is 5.59. The Morgan fingerprint density at radius 3 is 2.60 bits per heavy atom. The molecule has 1 aliphatic rings. The third-order valence-electron chi connectivity index (χ3n) is 3.25. The Balaban J connectivity index is 2.29. The number of nitrogens with zero attached hydrogens (tertiary/aromatic N) is 2. The molecule has 2 rings (SSSR count). The number of carboxylic acid groups (broad SMARTS) is 1. The molecular weight excluding hydrogens is 372 g/mol. The lowest BCUT2D eigenvalue weighted by Gasteiger charge is -2.13. The maximum atomic E-state index is 12.3. The number of amides is 1. The van der Waals surface area contributed by atoms with E-state index in [4.69, 9.17) is 17.3 Å². The number of carbonyl (C=O) groups is 2. The average molecular weight is 384 g/mol. The van der Waals surface area contributed by atoms with Gasteiger partial charge >= 0.3 is 5.97 Å². The number of hydrogen-bond donors (Lipinski definition) is 3. The molecular formula is C14H12N2O7S2. The van der Waals surface area contributed by atoms with Crippen molar-refractivity contribution >= 4 is 51.9 Å². The third kappa shape index (κ3) is 4.25. The minimum absolute atomic E-state index is 0.0636. The molecule has 1 aromatic rings. The molecule has 0 aromatic heterocycles. The van der Waals surface area contributed by atoms with Crippen LogP contribution in [0.15, 0.2) is 17.0 Å². The molecule has 1 fully saturated rings. The first kappa shape index (κ1) is 18.7. The number of phenols is 2. The number of thiocarbonyl (C=S) groups is 1. The fourth-order valence-electron chi connectivity index (χ4n) is 2.08. The zero-order valence-corrected chi connectivity index (χ0v) is 14.2. The lowest BCUT2D eigenvalue weighted by Crippen LogP contribution is -2.29. The number of carboxylic acids is 1. The van der Waals surface area contributed by atoms with Gasteiger partial charge in [-0.1, -0.05) is 24.0 Å². The highest BCUT2D eigenvalue weighted by Crippen LogP contribution is 2.38. The van der Waals surface area contributed by atoms with Crippen molar-refractivity contribution in [3.05, 3.63) is 32.7 Å². The second-order valence-electron chi connectivity index (χ2n) is 4.99. The molecule has 132 valence electrons. The van der Waals surface area contributed by atoms with Crippen LogP contribution in [0, 0.1) is 10.1 Å². The van der Waals surface area contributed by atoms with Crippen molar-refractivity contribution in [2.24, 2.45) is 0 Å². The number of carbonyl (C=O) groups excluding carboxylic acids is 1. The second kappa shape index (κ2) is 7.49. The number of hydrogen-bond acceptors (Lipinski definition) is 8. The molecule has 0 unspecified atom stereocenters. The molecule has 11 heteroatoms. The van der Waals surface area contributed by atoms with Gasteiger partial charge < -0.3 is 15.3 Å². The lowest BCUT2D eigenvalue weighted by atomic mass is 10.1. The zero-order valence-electron chi connectivity index (χ0n) is 12.5. The smallest absolute Gasteiger partial charge is 0.303 e. The highest BCUT2D eigenvalue weighted by molar-refractivity contribution is 8.26. The van der Waals surface area contributed by atoms with Crippen molar-refractivity contribution in [3.63, 3.8) is 0 Å². The summed E-state index contributed by atoms with van der Waals surface area (Å²) in [5.74, 6) is -2.70. The highest BCUT2D eigenvalue weighted by Gasteiger charge is 2.32. The summed E-state index contributed by atoms with van der Waals surface area (Å²) in [7, 11) is 0. The number of benzene rings is 1. The number of thioether (sulfide) groups is 1. The number of phenolic OH excluding ortho intramolecular Hbond substituents is 2. The van der Waals surface area contributed by atoms with Crippen molar-refractivity contribution in [2.75, 3.05) is 6.54 Å². The molecule has 0 spiro atoms. The second-order valence-corrected chi connectivity index (χ2v) is 6.66. The number of aromatic hydroxyl groups is 2. The number of nitro benzene ring substituents is 1. The maximum Gasteiger partial charge on any atom is 0.303 e. The molecule has 0 saturated carbocycles. The van der Waals surface area contributed by atoms with Crippen LogP contribution in [0.2, 0.25) is 0 Å². The van der Waals surface area contributed by atoms with Crippen molar-refractivity contribution < 1.29 is 29.8 Å². The van der Waals surface area contributed by atoms with Gasteiger partial charge in [0, 0.05) is 13.0 Å². The van der Waals surface area contributed by atoms with E-state index in [0.29, 0.717) is 0 Å². The molecule has 25 heavy (non-hydrogen) atoms. The largest absolute Gasteiger partial charge is 0.504 e. The topological polar surface area (TPSA) is 141 Å². The van der Waals surface area contributed by atoms with E-state index in [0.717, 1.165) is 23.9 Å². The van der Waals surface area contributed by atoms with E-state index >= 15 is 0 Å². The first-order valence-electron chi connectivity index (χ1n) is 6.88. The first-order chi connectivity index (χ1) is 11.7. The third-order valence-corrected chi connectivity index (χ3v) is 4.63. The van der Waals surface area contributed by atoms with E-state index in [1.165, 1.54) is 11.0 Å². The van der Waals surface area contributed by atoms with Crippen LogP contribution < -0.4 is 0 Å². The normalized spacial score (nSPS) is 15.8. The van der Waals surface area contributed by atoms with Gasteiger partial charge in [-0.2, -0.15) is 0 Å². The molecule has 1 aliphatic heterocycles. The summed E-state index contributed by atoms with van der Waals surface area (Å²) >= 11 is 6.00. The van der Waals surface area contributed by atoms with Crippen LogP contribution in [-0.4, -0.2) is 47.9 Å². The predicted molar refractivity (Wildman–Crippen MR) is 93.2 cm³/mol. The Labute approximate surface area is 150 Å². The summed E-state index contributed by atoms with van der Waals surface area (Å²) in [6, 6.07) is 1.76. The fraction of sp³-hybridized carbons (Fsp3) is 0.214. The van der Waals surface area contributed by atoms with Gasteiger partial charge in [0.2, 0.25) is 0 Å². The first-order valence-corrected chi connectivity index (χ1v) is 8.10. The van der Waals surface area contributed by atoms with Gasteiger partial charge in [-0.05, 0) is 18.6 Å². The number of aliphatic carboxylic acids is 1. The molecule has 3 N–H and O–H groups in total. The van der Waals surface area contributed by atoms with Crippen molar-refractivity contribution in [1.29, 1.82) is 0 Å². The van der Waals surface area contributed by atoms with Gasteiger partial charge in [0.25, 0.3) is 11.6 Å². The van der Waals surface area contributed by atoms with Crippen molar-refractivity contribution in [2.45, 2.75) is 12.8 Å². The average Bonchev–Trinajstić information content (AvgIpc) is 2.77. The van der Waals surface area contributed by atoms with E-state index in [9.17, 15) is 29.9 Å². The molecule has 1 saturated heterocycles. The van der Waals surface area contributed by atoms with Crippen LogP contribution in [0.1, 0.15) is 18.4 Å². The Morgan fingerprint density at radius 2 is 2.00 bits per heavy atom. The van der Waals surface area contributed by atoms with Gasteiger partial charge in [-0.25, -0.2) is 0 Å². The van der Waals surface area contributed by atoms with E-state index in [1.807, 2.05) is 0 Å². The summed E-state index contributed by atoms with van der Waals surface area (Å²) in [6.45, 7) is 0.122. The van der Waals surface area contributed by atoms with Gasteiger partial charge in [0.15, 0.2) is 11.5 Å². The molecule has 1 heterocycles. The van der Waals surface area contributed by atoms with E-state index in [1.54, 1.807) is 0 Å². The van der Waals surface area contributed by atoms with Gasteiger partial charge in [-0.15, -0.1) is 0 Å². The molecule has 0 atom stereocenters. The van der Waals surface area contributed by atoms with Crippen LogP contribution in [-0.2, 0) is 9.59 Å². The van der Waals surface area contributed by atoms with Crippen LogP contribution in [0.5, 0.6) is 11.5 Å². The number of rotatable bonds is 6. The Bertz CT molecular complexity index is 807. The highest BCUT2D eigenvalue weighted by atomic mass is 32.2. The van der Waals surface area contributed by atoms with E-state index in [-0.39, 0.29) is 34.2 Å². The minimum atomic E-state index is -0.990. The molecule has 0 radical (unpaired) electrons. The molecule has 1 amide bonds. The summed E-state index contributed by atoms with van der Waals surface area (Å²) in [6.07, 6.45) is 1.30. The van der Waals surface area contributed by atoms with Gasteiger partial charge in [-0.3, -0.25) is 24.6 Å². The van der Waals surface area contributed by atoms with Crippen molar-refractivity contribution in [3.8, 4) is 11.5 Å². The SMILES string of the molecule is O=C(O)CCCN1C(=O)/C(=C/c2cc(O)c(O)cc2[N+](=O)[O-])SC1=S. The quantitative estimate of drug-likeness (QED) is 0.221. The van der Waals surface area contributed by atoms with Crippen molar-refractivity contribution in [1.82, 2.24) is 4.90 Å². The standard InChI is InChI=1S/C14H12N2O7S2/c17-9-4-7(8(16(22)23)6-10(9)18)5-11-13(21)15(14(24)25-11)3-1-2-12(19)20/h4-6,17-18H,1-3H2,(H,19,20)/b11-5-. The predicted octanol–water partition coefficient (Wildman–Crippen LogP) is 2.07.